The summed E-state index contributed by atoms with van der Waals surface area (Å²) in [5.74, 6) is -1.48. The third-order valence-electron chi connectivity index (χ3n) is 6.53. The molecule has 3 fully saturated rings. The fourth-order valence-electron chi connectivity index (χ4n) is 4.60. The van der Waals surface area contributed by atoms with E-state index in [4.69, 9.17) is 4.74 Å². The van der Waals surface area contributed by atoms with E-state index < -0.39 is 11.6 Å². The second kappa shape index (κ2) is 7.11. The Morgan fingerprint density at radius 3 is 2.25 bits per heavy atom. The van der Waals surface area contributed by atoms with Crippen LogP contribution in [0.15, 0.2) is 12.1 Å². The van der Waals surface area contributed by atoms with Gasteiger partial charge in [-0.05, 0) is 62.8 Å². The van der Waals surface area contributed by atoms with Gasteiger partial charge in [0.1, 0.15) is 0 Å². The van der Waals surface area contributed by atoms with Gasteiger partial charge in [-0.15, -0.1) is 0 Å². The van der Waals surface area contributed by atoms with Crippen molar-refractivity contribution in [1.29, 1.82) is 0 Å². The van der Waals surface area contributed by atoms with Crippen molar-refractivity contribution in [2.75, 3.05) is 0 Å². The molecular formula is C21H30F2O. The van der Waals surface area contributed by atoms with Crippen molar-refractivity contribution < 1.29 is 13.5 Å². The van der Waals surface area contributed by atoms with Crippen LogP contribution in [-0.2, 0) is 11.3 Å². The minimum absolute atomic E-state index is 0.0969. The molecule has 134 valence electrons. The van der Waals surface area contributed by atoms with Crippen molar-refractivity contribution in [2.45, 2.75) is 90.3 Å². The molecule has 0 heterocycles. The zero-order valence-electron chi connectivity index (χ0n) is 15.1. The summed E-state index contributed by atoms with van der Waals surface area (Å²) < 4.78 is 33.9. The molecule has 0 amide bonds. The molecule has 0 spiro atoms. The molecule has 0 N–H and O–H groups in total. The molecule has 1 aromatic carbocycles. The first kappa shape index (κ1) is 17.8. The monoisotopic (exact) mass is 336 g/mol. The average Bonchev–Trinajstić information content (AvgIpc) is 2.61. The number of unbranched alkanes of at least 4 members (excludes halogenated alkanes) is 2. The minimum Gasteiger partial charge on any atom is -0.370 e. The number of halogens is 2. The smallest absolute Gasteiger partial charge is 0.164 e. The van der Waals surface area contributed by atoms with Crippen molar-refractivity contribution >= 4 is 0 Å². The van der Waals surface area contributed by atoms with E-state index in [9.17, 15) is 8.78 Å². The summed E-state index contributed by atoms with van der Waals surface area (Å²) in [5, 5.41) is 0. The maximum absolute atomic E-state index is 14.0. The summed E-state index contributed by atoms with van der Waals surface area (Å²) >= 11 is 0. The van der Waals surface area contributed by atoms with Crippen molar-refractivity contribution in [1.82, 2.24) is 0 Å². The highest BCUT2D eigenvalue weighted by Gasteiger charge is 2.48. The van der Waals surface area contributed by atoms with Gasteiger partial charge in [-0.3, -0.25) is 0 Å². The van der Waals surface area contributed by atoms with E-state index in [1.807, 2.05) is 0 Å². The predicted octanol–water partition coefficient (Wildman–Crippen LogP) is 6.46. The molecule has 3 saturated carbocycles. The standard InChI is InChI=1S/C21H30F2O/c1-3-4-5-8-20-9-12-21(13-10-20,14-11-20)24-15-17-7-6-16(2)18(22)19(17)23/h6-7H,3-5,8-15H2,1-2H3. The number of hydrogen-bond donors (Lipinski definition) is 0. The highest BCUT2D eigenvalue weighted by Crippen LogP contribution is 2.56. The number of benzene rings is 1. The first-order valence-electron chi connectivity index (χ1n) is 9.57. The number of ether oxygens (including phenoxy) is 1. The van der Waals surface area contributed by atoms with E-state index in [1.54, 1.807) is 19.1 Å². The second-order valence-electron chi connectivity index (χ2n) is 8.10. The second-order valence-corrected chi connectivity index (χ2v) is 8.10. The molecule has 0 atom stereocenters. The zero-order valence-corrected chi connectivity index (χ0v) is 15.1. The summed E-state index contributed by atoms with van der Waals surface area (Å²) in [6, 6.07) is 3.29. The van der Waals surface area contributed by atoms with Crippen LogP contribution in [0.25, 0.3) is 0 Å². The van der Waals surface area contributed by atoms with Crippen molar-refractivity contribution in [2.24, 2.45) is 5.41 Å². The van der Waals surface area contributed by atoms with E-state index in [2.05, 4.69) is 6.92 Å². The molecule has 0 aromatic heterocycles. The summed E-state index contributed by atoms with van der Waals surface area (Å²) in [7, 11) is 0. The van der Waals surface area contributed by atoms with E-state index >= 15 is 0 Å². The summed E-state index contributed by atoms with van der Waals surface area (Å²) in [5.41, 5.74) is 1.14. The Balaban J connectivity index is 1.58. The molecule has 0 saturated heterocycles. The molecule has 24 heavy (non-hydrogen) atoms. The lowest BCUT2D eigenvalue weighted by Gasteiger charge is -2.53. The van der Waals surface area contributed by atoms with E-state index in [0.717, 1.165) is 19.3 Å². The zero-order chi connectivity index (χ0) is 17.2. The molecule has 0 aliphatic heterocycles. The average molecular weight is 336 g/mol. The fourth-order valence-corrected chi connectivity index (χ4v) is 4.60. The topological polar surface area (TPSA) is 9.23 Å². The quantitative estimate of drug-likeness (QED) is 0.519. The van der Waals surface area contributed by atoms with Gasteiger partial charge in [0.05, 0.1) is 12.2 Å². The lowest BCUT2D eigenvalue weighted by Crippen LogP contribution is -2.47. The van der Waals surface area contributed by atoms with Crippen LogP contribution in [0.1, 0.15) is 82.3 Å². The van der Waals surface area contributed by atoms with E-state index in [-0.39, 0.29) is 12.2 Å². The van der Waals surface area contributed by atoms with Gasteiger partial charge in [0.15, 0.2) is 11.6 Å². The van der Waals surface area contributed by atoms with Crippen LogP contribution in [0.4, 0.5) is 8.78 Å². The third-order valence-corrected chi connectivity index (χ3v) is 6.53. The van der Waals surface area contributed by atoms with Gasteiger partial charge in [0, 0.05) is 5.56 Å². The van der Waals surface area contributed by atoms with Gasteiger partial charge < -0.3 is 4.74 Å². The van der Waals surface area contributed by atoms with E-state index in [0.29, 0.717) is 16.5 Å². The van der Waals surface area contributed by atoms with Crippen LogP contribution in [0.5, 0.6) is 0 Å². The van der Waals surface area contributed by atoms with Crippen molar-refractivity contribution in [3.63, 3.8) is 0 Å². The Morgan fingerprint density at radius 1 is 0.958 bits per heavy atom. The normalized spacial score (nSPS) is 29.2. The van der Waals surface area contributed by atoms with Crippen LogP contribution in [0.2, 0.25) is 0 Å². The SMILES string of the molecule is CCCCCC12CCC(OCc3ccc(C)c(F)c3F)(CC1)CC2. The van der Waals surface area contributed by atoms with Crippen molar-refractivity contribution in [3.8, 4) is 0 Å². The van der Waals surface area contributed by atoms with Gasteiger partial charge in [0.25, 0.3) is 0 Å². The molecule has 3 heteroatoms. The Kier molecular flexibility index (Phi) is 5.29. The van der Waals surface area contributed by atoms with Crippen LogP contribution < -0.4 is 0 Å². The summed E-state index contributed by atoms with van der Waals surface area (Å²) in [4.78, 5) is 0. The number of fused-ring (bicyclic) bond motifs is 3. The third kappa shape index (κ3) is 3.51. The molecule has 1 aromatic rings. The Morgan fingerprint density at radius 2 is 1.62 bits per heavy atom. The maximum atomic E-state index is 14.0. The van der Waals surface area contributed by atoms with Gasteiger partial charge in [-0.1, -0.05) is 38.3 Å². The number of aryl methyl sites for hydroxylation is 1. The molecule has 0 unspecified atom stereocenters. The lowest BCUT2D eigenvalue weighted by molar-refractivity contribution is -0.146. The van der Waals surface area contributed by atoms with Crippen LogP contribution >= 0.6 is 0 Å². The largest absolute Gasteiger partial charge is 0.370 e. The number of rotatable bonds is 7. The van der Waals surface area contributed by atoms with E-state index in [1.165, 1.54) is 44.9 Å². The first-order chi connectivity index (χ1) is 11.5. The molecule has 0 radical (unpaired) electrons. The highest BCUT2D eigenvalue weighted by molar-refractivity contribution is 5.25. The van der Waals surface area contributed by atoms with Gasteiger partial charge in [0.2, 0.25) is 0 Å². The van der Waals surface area contributed by atoms with Gasteiger partial charge in [-0.25, -0.2) is 8.78 Å². The molecule has 2 bridgehead atoms. The molecular weight excluding hydrogens is 306 g/mol. The maximum Gasteiger partial charge on any atom is 0.164 e. The first-order valence-corrected chi connectivity index (χ1v) is 9.57. The molecule has 1 nitrogen and oxygen atoms in total. The summed E-state index contributed by atoms with van der Waals surface area (Å²) in [6.45, 7) is 4.03. The van der Waals surface area contributed by atoms with Crippen LogP contribution in [0.3, 0.4) is 0 Å². The Hall–Kier alpha value is -0.960. The summed E-state index contributed by atoms with van der Waals surface area (Å²) in [6.07, 6.45) is 12.3. The minimum atomic E-state index is -0.744. The van der Waals surface area contributed by atoms with Crippen LogP contribution in [-0.4, -0.2) is 5.60 Å². The lowest BCUT2D eigenvalue weighted by atomic mass is 9.57. The van der Waals surface area contributed by atoms with Gasteiger partial charge in [-0.2, -0.15) is 0 Å². The number of hydrogen-bond acceptors (Lipinski definition) is 1. The highest BCUT2D eigenvalue weighted by atomic mass is 19.2. The predicted molar refractivity (Wildman–Crippen MR) is 92.9 cm³/mol. The molecule has 4 rings (SSSR count). The van der Waals surface area contributed by atoms with Crippen LogP contribution in [0, 0.1) is 24.0 Å². The Labute approximate surface area is 144 Å². The Bertz CT molecular complexity index is 557. The van der Waals surface area contributed by atoms with Gasteiger partial charge >= 0.3 is 0 Å². The molecule has 3 aliphatic carbocycles. The molecule has 3 aliphatic rings. The fraction of sp³-hybridized carbons (Fsp3) is 0.714. The van der Waals surface area contributed by atoms with Crippen molar-refractivity contribution in [3.05, 3.63) is 34.9 Å².